The zero-order valence-corrected chi connectivity index (χ0v) is 39.3. The molecule has 5 aromatic rings. The molecule has 0 saturated carbocycles. The van der Waals surface area contributed by atoms with Crippen molar-refractivity contribution in [2.24, 2.45) is 5.92 Å². The van der Waals surface area contributed by atoms with E-state index in [1.807, 2.05) is 83.1 Å². The van der Waals surface area contributed by atoms with Gasteiger partial charge in [0, 0.05) is 52.5 Å². The lowest BCUT2D eigenvalue weighted by atomic mass is 9.97. The number of aryl methyl sites for hydroxylation is 1. The van der Waals surface area contributed by atoms with Gasteiger partial charge >= 0.3 is 0 Å². The molecule has 1 unspecified atom stereocenters. The van der Waals surface area contributed by atoms with Crippen molar-refractivity contribution in [1.82, 2.24) is 4.57 Å². The number of hydrogen-bond donors (Lipinski definition) is 0. The average Bonchev–Trinajstić information content (AvgIpc) is 3.84. The monoisotopic (exact) mass is 773 g/mol. The van der Waals surface area contributed by atoms with Gasteiger partial charge < -0.3 is 9.47 Å². The molecule has 2 nitrogen and oxygen atoms in total. The van der Waals surface area contributed by atoms with Gasteiger partial charge in [0.2, 0.25) is 0 Å². The van der Waals surface area contributed by atoms with Gasteiger partial charge in [-0.3, -0.25) is 0 Å². The van der Waals surface area contributed by atoms with E-state index in [1.165, 1.54) is 45.9 Å². The van der Waals surface area contributed by atoms with Crippen LogP contribution in [0.5, 0.6) is 0 Å². The summed E-state index contributed by atoms with van der Waals surface area (Å²) >= 11 is 0. The lowest BCUT2D eigenvalue weighted by Crippen LogP contribution is -2.30. The van der Waals surface area contributed by atoms with Crippen molar-refractivity contribution >= 4 is 27.5 Å². The Hall–Kier alpha value is -3.52. The molecule has 2 aliphatic rings. The summed E-state index contributed by atoms with van der Waals surface area (Å²) in [4.78, 5) is 2.49. The number of fused-ring (bicyclic) bond motifs is 5. The van der Waals surface area contributed by atoms with Gasteiger partial charge in [0.05, 0.1) is 0 Å². The Kier molecular flexibility index (Phi) is 42.3. The maximum atomic E-state index is 2.49. The Morgan fingerprint density at radius 1 is 0.464 bits per heavy atom. The van der Waals surface area contributed by atoms with E-state index in [0.29, 0.717) is 12.0 Å². The van der Waals surface area contributed by atoms with Crippen LogP contribution in [0.25, 0.3) is 21.8 Å². The molecule has 0 amide bonds. The van der Waals surface area contributed by atoms with Crippen LogP contribution in [0, 0.1) is 5.92 Å². The number of nitrogens with zero attached hydrogens (tertiary/aromatic N) is 2. The van der Waals surface area contributed by atoms with Crippen LogP contribution in [0.2, 0.25) is 0 Å². The summed E-state index contributed by atoms with van der Waals surface area (Å²) in [5, 5.41) is 2.71. The van der Waals surface area contributed by atoms with E-state index in [1.54, 1.807) is 11.1 Å². The minimum Gasteiger partial charge on any atom is -0.368 e. The predicted molar refractivity (Wildman–Crippen MR) is 268 cm³/mol. The first-order valence-electron chi connectivity index (χ1n) is 22.3. The number of rotatable bonds is 2. The van der Waals surface area contributed by atoms with Gasteiger partial charge in [-0.1, -0.05) is 218 Å². The number of hydrogen-bond acceptors (Lipinski definition) is 1. The highest BCUT2D eigenvalue weighted by atomic mass is 15.2. The molecule has 1 aromatic heterocycles. The van der Waals surface area contributed by atoms with Gasteiger partial charge in [-0.15, -0.1) is 0 Å². The largest absolute Gasteiger partial charge is 0.368 e. The van der Waals surface area contributed by atoms with Crippen molar-refractivity contribution in [3.05, 3.63) is 114 Å². The Labute approximate surface area is 352 Å². The first-order chi connectivity index (χ1) is 26.4. The topological polar surface area (TPSA) is 8.17 Å². The molecule has 0 N–H and O–H groups in total. The summed E-state index contributed by atoms with van der Waals surface area (Å²) in [7, 11) is 0. The maximum absolute atomic E-state index is 2.49. The number of benzene rings is 4. The van der Waals surface area contributed by atoms with Crippen LogP contribution >= 0.6 is 0 Å². The van der Waals surface area contributed by atoms with E-state index in [0.717, 1.165) is 24.9 Å². The molecule has 56 heavy (non-hydrogen) atoms. The normalized spacial score (nSPS) is 15.7. The third-order valence-electron chi connectivity index (χ3n) is 9.23. The summed E-state index contributed by atoms with van der Waals surface area (Å²) in [6.07, 6.45) is 2.53. The van der Waals surface area contributed by atoms with Crippen LogP contribution in [-0.4, -0.2) is 17.2 Å². The number of likely N-dealkylation sites (N-methyl/N-ethyl adjacent to an activating group) is 1. The SMILES string of the molecule is C.C.CC.CC.CC.CC.CC.CC.CCC.CCN1c2ccccc2C(C)[C@@H]1C.CCn1c2ccccc2c2ccccc21.C[C@@H]1Cc2ccccc2[C@@H]1C. The van der Waals surface area contributed by atoms with Gasteiger partial charge in [0.1, 0.15) is 0 Å². The highest BCUT2D eigenvalue weighted by molar-refractivity contribution is 6.07. The first kappa shape index (κ1) is 61.7. The second kappa shape index (κ2) is 38.4. The van der Waals surface area contributed by atoms with Gasteiger partial charge in [0.15, 0.2) is 0 Å². The van der Waals surface area contributed by atoms with E-state index in [4.69, 9.17) is 0 Å². The molecule has 0 saturated heterocycles. The Balaban J connectivity index is -0.000000196. The van der Waals surface area contributed by atoms with Crippen LogP contribution < -0.4 is 4.90 Å². The van der Waals surface area contributed by atoms with Crippen molar-refractivity contribution < 1.29 is 0 Å². The third kappa shape index (κ3) is 17.3. The molecule has 0 fully saturated rings. The molecule has 0 bridgehead atoms. The third-order valence-corrected chi connectivity index (χ3v) is 9.23. The molecule has 1 aliphatic heterocycles. The zero-order chi connectivity index (χ0) is 42.2. The van der Waals surface area contributed by atoms with Gasteiger partial charge in [-0.2, -0.15) is 0 Å². The van der Waals surface area contributed by atoms with Crippen molar-refractivity contribution in [2.45, 2.75) is 191 Å². The Morgan fingerprint density at radius 2 is 0.839 bits per heavy atom. The van der Waals surface area contributed by atoms with E-state index in [2.05, 4.69) is 162 Å². The quantitative estimate of drug-likeness (QED) is 0.173. The number of para-hydroxylation sites is 3. The molecular formula is C54H96N2. The molecule has 0 spiro atoms. The maximum Gasteiger partial charge on any atom is 0.0491 e. The Bertz CT molecular complexity index is 1510. The second-order valence-corrected chi connectivity index (χ2v) is 12.0. The highest BCUT2D eigenvalue weighted by Gasteiger charge is 2.30. The zero-order valence-electron chi connectivity index (χ0n) is 39.3. The molecule has 322 valence electrons. The Morgan fingerprint density at radius 3 is 1.25 bits per heavy atom. The van der Waals surface area contributed by atoms with Gasteiger partial charge in [0.25, 0.3) is 0 Å². The van der Waals surface area contributed by atoms with E-state index in [9.17, 15) is 0 Å². The second-order valence-electron chi connectivity index (χ2n) is 12.0. The molecule has 0 radical (unpaired) electrons. The fraction of sp³-hybridized carbons (Fsp3) is 0.556. The fourth-order valence-electron chi connectivity index (χ4n) is 6.68. The van der Waals surface area contributed by atoms with Crippen molar-refractivity contribution in [1.29, 1.82) is 0 Å². The van der Waals surface area contributed by atoms with Crippen LogP contribution in [0.3, 0.4) is 0 Å². The lowest BCUT2D eigenvalue weighted by Gasteiger charge is -2.24. The summed E-state index contributed by atoms with van der Waals surface area (Å²) in [6.45, 7) is 44.1. The summed E-state index contributed by atoms with van der Waals surface area (Å²) < 4.78 is 2.37. The van der Waals surface area contributed by atoms with Crippen LogP contribution in [0.4, 0.5) is 5.69 Å². The highest BCUT2D eigenvalue weighted by Crippen LogP contribution is 2.40. The van der Waals surface area contributed by atoms with E-state index in [-0.39, 0.29) is 14.9 Å². The van der Waals surface area contributed by atoms with E-state index < -0.39 is 0 Å². The molecule has 2 heterocycles. The molecule has 2 heteroatoms. The van der Waals surface area contributed by atoms with Gasteiger partial charge in [-0.25, -0.2) is 0 Å². The number of anilines is 1. The summed E-state index contributed by atoms with van der Waals surface area (Å²) in [5.74, 6) is 2.29. The number of aromatic nitrogens is 1. The van der Waals surface area contributed by atoms with Crippen molar-refractivity contribution in [3.63, 3.8) is 0 Å². The lowest BCUT2D eigenvalue weighted by molar-refractivity contribution is 0.532. The smallest absolute Gasteiger partial charge is 0.0491 e. The van der Waals surface area contributed by atoms with Crippen molar-refractivity contribution in [2.75, 3.05) is 11.4 Å². The summed E-state index contributed by atoms with van der Waals surface area (Å²) in [5.41, 5.74) is 8.75. The van der Waals surface area contributed by atoms with Crippen LogP contribution in [-0.2, 0) is 13.0 Å². The average molecular weight is 773 g/mol. The van der Waals surface area contributed by atoms with E-state index >= 15 is 0 Å². The minimum atomic E-state index is 0. The summed E-state index contributed by atoms with van der Waals surface area (Å²) in [6, 6.07) is 35.4. The molecule has 1 aliphatic carbocycles. The molecule has 7 rings (SSSR count). The fourth-order valence-corrected chi connectivity index (χ4v) is 6.68. The molecule has 4 atom stereocenters. The predicted octanol–water partition coefficient (Wildman–Crippen LogP) is 18.7. The first-order valence-corrected chi connectivity index (χ1v) is 22.3. The van der Waals surface area contributed by atoms with Crippen LogP contribution in [0.1, 0.15) is 188 Å². The van der Waals surface area contributed by atoms with Crippen LogP contribution in [0.15, 0.2) is 97.1 Å². The molecular weight excluding hydrogens is 677 g/mol. The standard InChI is InChI=1S/C14H13N.C12H17N.C11H14.C3H8.6C2H6.2CH4/c1-2-15-13-9-5-3-7-11(13)12-8-4-6-10-14(12)15;1-4-13-10(3)9(2)11-7-5-6-8-12(11)13;1-8-7-10-5-3-4-6-11(10)9(8)2;1-3-2;6*1-2;;/h3-10H,2H2,1H3;5-10H,4H2,1-3H3;3-6,8-9H,7H2,1-2H3;3H2,1-2H3;6*1-2H3;2*1H4/t;9?,10-;8-,9-;;;;;;;;;/m.01........./s1. The molecule has 4 aromatic carbocycles. The minimum absolute atomic E-state index is 0. The van der Waals surface area contributed by atoms with Gasteiger partial charge in [-0.05, 0) is 73.9 Å². The van der Waals surface area contributed by atoms with Crippen molar-refractivity contribution in [3.8, 4) is 0 Å².